The Labute approximate surface area is 176 Å². The lowest BCUT2D eigenvalue weighted by molar-refractivity contribution is -0.128. The van der Waals surface area contributed by atoms with E-state index in [1.807, 2.05) is 45.0 Å². The van der Waals surface area contributed by atoms with E-state index in [4.69, 9.17) is 4.74 Å². The van der Waals surface area contributed by atoms with Crippen LogP contribution in [0.25, 0.3) is 0 Å². The van der Waals surface area contributed by atoms with Crippen molar-refractivity contribution in [2.24, 2.45) is 0 Å². The van der Waals surface area contributed by atoms with Crippen LogP contribution in [-0.2, 0) is 16.1 Å². The summed E-state index contributed by atoms with van der Waals surface area (Å²) in [6, 6.07) is 12.7. The first kappa shape index (κ1) is 22.6. The first-order chi connectivity index (χ1) is 13.9. The predicted molar refractivity (Wildman–Crippen MR) is 118 cm³/mol. The lowest BCUT2D eigenvalue weighted by atomic mass is 10.2. The van der Waals surface area contributed by atoms with Crippen molar-refractivity contribution in [3.63, 3.8) is 0 Å². The quantitative estimate of drug-likeness (QED) is 0.616. The summed E-state index contributed by atoms with van der Waals surface area (Å²) in [5.74, 6) is 0.771. The molecule has 2 amide bonds. The highest BCUT2D eigenvalue weighted by Crippen LogP contribution is 2.27. The van der Waals surface area contributed by atoms with E-state index in [-0.39, 0.29) is 29.1 Å². The summed E-state index contributed by atoms with van der Waals surface area (Å²) in [5.41, 5.74) is 2.76. The van der Waals surface area contributed by atoms with Crippen molar-refractivity contribution in [1.82, 2.24) is 4.90 Å². The fourth-order valence-electron chi connectivity index (χ4n) is 2.68. The number of carbonyl (C=O) groups excluding carboxylic acids is 2. The Morgan fingerprint density at radius 1 is 1.10 bits per heavy atom. The number of ether oxygens (including phenoxy) is 1. The number of hydrogen-bond acceptors (Lipinski definition) is 5. The summed E-state index contributed by atoms with van der Waals surface area (Å²) in [7, 11) is 0. The van der Waals surface area contributed by atoms with Gasteiger partial charge >= 0.3 is 0 Å². The van der Waals surface area contributed by atoms with Crippen LogP contribution < -0.4 is 10.1 Å². The fourth-order valence-corrected chi connectivity index (χ4v) is 3.40. The molecule has 156 valence electrons. The fraction of sp³-hybridized carbons (Fsp3) is 0.364. The minimum Gasteiger partial charge on any atom is -0.504 e. The highest BCUT2D eigenvalue weighted by molar-refractivity contribution is 8.00. The van der Waals surface area contributed by atoms with Crippen LogP contribution in [0.2, 0.25) is 0 Å². The smallest absolute Gasteiger partial charge is 0.234 e. The lowest BCUT2D eigenvalue weighted by Crippen LogP contribution is -2.32. The largest absolute Gasteiger partial charge is 0.504 e. The minimum atomic E-state index is -0.130. The lowest BCUT2D eigenvalue weighted by Gasteiger charge is -2.21. The van der Waals surface area contributed by atoms with Gasteiger partial charge in [0.05, 0.1) is 18.1 Å². The van der Waals surface area contributed by atoms with E-state index in [2.05, 4.69) is 5.32 Å². The monoisotopic (exact) mass is 416 g/mol. The predicted octanol–water partition coefficient (Wildman–Crippen LogP) is 3.82. The van der Waals surface area contributed by atoms with Crippen LogP contribution in [0.4, 0.5) is 5.69 Å². The third-order valence-electron chi connectivity index (χ3n) is 4.23. The molecule has 0 aliphatic rings. The zero-order valence-electron chi connectivity index (χ0n) is 17.1. The Morgan fingerprint density at radius 2 is 1.83 bits per heavy atom. The van der Waals surface area contributed by atoms with Gasteiger partial charge in [0.2, 0.25) is 11.8 Å². The Kier molecular flexibility index (Phi) is 8.86. The molecule has 0 unspecified atom stereocenters. The topological polar surface area (TPSA) is 78.9 Å². The molecule has 0 spiro atoms. The zero-order chi connectivity index (χ0) is 21.2. The third kappa shape index (κ3) is 7.34. The first-order valence-corrected chi connectivity index (χ1v) is 10.7. The first-order valence-electron chi connectivity index (χ1n) is 9.59. The molecule has 2 aromatic carbocycles. The molecule has 0 aliphatic heterocycles. The normalized spacial score (nSPS) is 10.4. The van der Waals surface area contributed by atoms with Gasteiger partial charge in [-0.1, -0.05) is 23.8 Å². The molecule has 29 heavy (non-hydrogen) atoms. The molecule has 0 aromatic heterocycles. The van der Waals surface area contributed by atoms with Gasteiger partial charge < -0.3 is 20.1 Å². The van der Waals surface area contributed by atoms with Crippen molar-refractivity contribution in [2.45, 2.75) is 27.3 Å². The van der Waals surface area contributed by atoms with E-state index in [9.17, 15) is 14.7 Å². The van der Waals surface area contributed by atoms with Gasteiger partial charge in [0.1, 0.15) is 0 Å². The van der Waals surface area contributed by atoms with Gasteiger partial charge in [-0.2, -0.15) is 0 Å². The summed E-state index contributed by atoms with van der Waals surface area (Å²) < 4.78 is 5.40. The van der Waals surface area contributed by atoms with Crippen molar-refractivity contribution in [1.29, 1.82) is 0 Å². The van der Waals surface area contributed by atoms with Gasteiger partial charge in [0.15, 0.2) is 11.5 Å². The van der Waals surface area contributed by atoms with Gasteiger partial charge in [0, 0.05) is 18.8 Å². The number of phenolic OH excluding ortho intramolecular Hbond substituents is 1. The van der Waals surface area contributed by atoms with Crippen molar-refractivity contribution >= 4 is 29.3 Å². The standard InChI is InChI=1S/C22H28N2O4S/c1-4-24(13-17-8-11-19(25)20(12-17)28-5-2)22(27)15-29-14-21(26)23-18-9-6-16(3)7-10-18/h6-12,25H,4-5,13-15H2,1-3H3,(H,23,26). The number of phenols is 1. The molecular formula is C22H28N2O4S. The Balaban J connectivity index is 1.82. The molecule has 2 N–H and O–H groups in total. The number of aryl methyl sites for hydroxylation is 1. The number of carbonyl (C=O) groups is 2. The van der Waals surface area contributed by atoms with Crippen LogP contribution in [0.5, 0.6) is 11.5 Å². The summed E-state index contributed by atoms with van der Waals surface area (Å²) in [4.78, 5) is 26.3. The van der Waals surface area contributed by atoms with Crippen LogP contribution in [0.3, 0.4) is 0 Å². The molecule has 0 heterocycles. The van der Waals surface area contributed by atoms with Crippen LogP contribution in [0.15, 0.2) is 42.5 Å². The molecule has 0 fully saturated rings. The maximum atomic E-state index is 12.5. The molecule has 0 radical (unpaired) electrons. The Hall–Kier alpha value is -2.67. The van der Waals surface area contributed by atoms with Gasteiger partial charge in [-0.15, -0.1) is 11.8 Å². The van der Waals surface area contributed by atoms with E-state index in [1.165, 1.54) is 11.8 Å². The van der Waals surface area contributed by atoms with E-state index >= 15 is 0 Å². The molecule has 2 rings (SSSR count). The van der Waals surface area contributed by atoms with Crippen molar-refractivity contribution in [3.8, 4) is 11.5 Å². The van der Waals surface area contributed by atoms with Gasteiger partial charge in [-0.3, -0.25) is 9.59 Å². The molecule has 0 bridgehead atoms. The number of benzene rings is 2. The molecule has 6 nitrogen and oxygen atoms in total. The summed E-state index contributed by atoms with van der Waals surface area (Å²) in [6.07, 6.45) is 0. The minimum absolute atomic E-state index is 0.0355. The number of anilines is 1. The van der Waals surface area contributed by atoms with Crippen molar-refractivity contribution in [2.75, 3.05) is 30.0 Å². The zero-order valence-corrected chi connectivity index (χ0v) is 17.9. The number of aromatic hydroxyl groups is 1. The summed E-state index contributed by atoms with van der Waals surface area (Å²) in [6.45, 7) is 7.18. The number of nitrogens with zero attached hydrogens (tertiary/aromatic N) is 1. The summed E-state index contributed by atoms with van der Waals surface area (Å²) >= 11 is 1.29. The Morgan fingerprint density at radius 3 is 2.48 bits per heavy atom. The number of nitrogens with one attached hydrogen (secondary N) is 1. The average Bonchev–Trinajstić information content (AvgIpc) is 2.70. The Bertz CT molecular complexity index is 824. The van der Waals surface area contributed by atoms with Crippen molar-refractivity contribution in [3.05, 3.63) is 53.6 Å². The highest BCUT2D eigenvalue weighted by Gasteiger charge is 2.14. The number of rotatable bonds is 10. The molecular weight excluding hydrogens is 388 g/mol. The number of amides is 2. The van der Waals surface area contributed by atoms with Gasteiger partial charge in [0.25, 0.3) is 0 Å². The molecule has 0 atom stereocenters. The van der Waals surface area contributed by atoms with Gasteiger partial charge in [-0.25, -0.2) is 0 Å². The molecule has 0 aliphatic carbocycles. The highest BCUT2D eigenvalue weighted by atomic mass is 32.2. The van der Waals surface area contributed by atoms with E-state index in [0.29, 0.717) is 25.4 Å². The van der Waals surface area contributed by atoms with Crippen molar-refractivity contribution < 1.29 is 19.4 Å². The molecule has 0 saturated heterocycles. The third-order valence-corrected chi connectivity index (χ3v) is 5.14. The SMILES string of the molecule is CCOc1cc(CN(CC)C(=O)CSCC(=O)Nc2ccc(C)cc2)ccc1O. The maximum Gasteiger partial charge on any atom is 0.234 e. The van der Waals surface area contributed by atoms with Crippen LogP contribution in [0, 0.1) is 6.92 Å². The number of thioether (sulfide) groups is 1. The second-order valence-electron chi connectivity index (χ2n) is 6.55. The second-order valence-corrected chi connectivity index (χ2v) is 7.54. The van der Waals surface area contributed by atoms with E-state index in [1.54, 1.807) is 23.1 Å². The van der Waals surface area contributed by atoms with Crippen LogP contribution in [0.1, 0.15) is 25.0 Å². The molecule has 0 saturated carbocycles. The molecule has 7 heteroatoms. The maximum absolute atomic E-state index is 12.5. The van der Waals surface area contributed by atoms with Gasteiger partial charge in [-0.05, 0) is 50.6 Å². The van der Waals surface area contributed by atoms with Crippen LogP contribution >= 0.6 is 11.8 Å². The van der Waals surface area contributed by atoms with Crippen LogP contribution in [-0.4, -0.2) is 46.5 Å². The molecule has 2 aromatic rings. The average molecular weight is 417 g/mol. The number of hydrogen-bond donors (Lipinski definition) is 2. The summed E-state index contributed by atoms with van der Waals surface area (Å²) in [5, 5.41) is 12.6. The van der Waals surface area contributed by atoms with E-state index < -0.39 is 0 Å². The van der Waals surface area contributed by atoms with E-state index in [0.717, 1.165) is 16.8 Å². The second kappa shape index (κ2) is 11.4.